The van der Waals surface area contributed by atoms with Gasteiger partial charge in [-0.2, -0.15) is 0 Å². The van der Waals surface area contributed by atoms with Crippen molar-refractivity contribution in [3.05, 3.63) is 76.5 Å². The predicted molar refractivity (Wildman–Crippen MR) is 93.6 cm³/mol. The number of pyridine rings is 1. The summed E-state index contributed by atoms with van der Waals surface area (Å²) < 4.78 is 0. The molecule has 3 N–H and O–H groups in total. The first kappa shape index (κ1) is 16.1. The molecule has 0 aliphatic carbocycles. The second-order valence-electron chi connectivity index (χ2n) is 5.10. The van der Waals surface area contributed by atoms with E-state index < -0.39 is 10.8 Å². The second kappa shape index (κ2) is 6.75. The summed E-state index contributed by atoms with van der Waals surface area (Å²) in [5.74, 6) is -0.600. The Morgan fingerprint density at radius 2 is 1.92 bits per heavy atom. The fourth-order valence-corrected chi connectivity index (χ4v) is 2.30. The number of fused-ring (bicyclic) bond motifs is 1. The molecule has 0 saturated heterocycles. The number of aliphatic imine (C=N–C) groups is 1. The number of carbonyl (C=O) groups excluding carboxylic acids is 1. The van der Waals surface area contributed by atoms with Crippen molar-refractivity contribution in [1.82, 2.24) is 10.3 Å². The zero-order chi connectivity index (χ0) is 17.8. The first-order chi connectivity index (χ1) is 12.0. The van der Waals surface area contributed by atoms with Gasteiger partial charge in [-0.15, -0.1) is 0 Å². The molecule has 25 heavy (non-hydrogen) atoms. The van der Waals surface area contributed by atoms with Crippen molar-refractivity contribution in [1.29, 1.82) is 0 Å². The van der Waals surface area contributed by atoms with Crippen LogP contribution in [0.15, 0.2) is 65.8 Å². The number of nitrogens with one attached hydrogen (secondary N) is 1. The highest BCUT2D eigenvalue weighted by Gasteiger charge is 2.15. The lowest BCUT2D eigenvalue weighted by Crippen LogP contribution is -2.36. The summed E-state index contributed by atoms with van der Waals surface area (Å²) in [5.41, 5.74) is 6.92. The van der Waals surface area contributed by atoms with E-state index in [1.807, 2.05) is 6.07 Å². The summed E-state index contributed by atoms with van der Waals surface area (Å²) in [5, 5.41) is 13.8. The Kier molecular flexibility index (Phi) is 4.34. The predicted octanol–water partition coefficient (Wildman–Crippen LogP) is 2.52. The zero-order valence-electron chi connectivity index (χ0n) is 12.9. The second-order valence-corrected chi connectivity index (χ2v) is 5.10. The number of benzene rings is 2. The molecule has 1 aromatic heterocycles. The van der Waals surface area contributed by atoms with Crippen LogP contribution in [0.2, 0.25) is 0 Å². The van der Waals surface area contributed by atoms with Crippen molar-refractivity contribution in [2.45, 2.75) is 0 Å². The zero-order valence-corrected chi connectivity index (χ0v) is 12.9. The molecule has 1 amide bonds. The molecule has 8 nitrogen and oxygen atoms in total. The van der Waals surface area contributed by atoms with Crippen LogP contribution in [0, 0.1) is 10.1 Å². The summed E-state index contributed by atoms with van der Waals surface area (Å²) in [6.07, 6.45) is 1.45. The number of hydrogen-bond donors (Lipinski definition) is 2. The van der Waals surface area contributed by atoms with Gasteiger partial charge in [-0.25, -0.2) is 4.99 Å². The number of para-hydroxylation sites is 1. The third kappa shape index (κ3) is 3.58. The first-order valence-electron chi connectivity index (χ1n) is 7.28. The molecule has 0 atom stereocenters. The lowest BCUT2D eigenvalue weighted by molar-refractivity contribution is -0.384. The van der Waals surface area contributed by atoms with Crippen molar-refractivity contribution in [3.63, 3.8) is 0 Å². The van der Waals surface area contributed by atoms with E-state index in [1.54, 1.807) is 24.3 Å². The van der Waals surface area contributed by atoms with Crippen molar-refractivity contribution in [2.24, 2.45) is 10.7 Å². The third-order valence-electron chi connectivity index (χ3n) is 3.43. The Bertz CT molecular complexity index is 986. The number of nitro groups is 1. The molecule has 3 aromatic rings. The highest BCUT2D eigenvalue weighted by Crippen LogP contribution is 2.22. The van der Waals surface area contributed by atoms with Gasteiger partial charge < -0.3 is 5.73 Å². The van der Waals surface area contributed by atoms with E-state index in [-0.39, 0.29) is 17.2 Å². The van der Waals surface area contributed by atoms with Crippen LogP contribution in [-0.4, -0.2) is 21.8 Å². The third-order valence-corrected chi connectivity index (χ3v) is 3.43. The van der Waals surface area contributed by atoms with Gasteiger partial charge in [0.2, 0.25) is 5.96 Å². The van der Waals surface area contributed by atoms with Gasteiger partial charge in [0.25, 0.3) is 11.6 Å². The average Bonchev–Trinajstić information content (AvgIpc) is 2.61. The van der Waals surface area contributed by atoms with Crippen LogP contribution >= 0.6 is 0 Å². The molecule has 1 heterocycles. The topological polar surface area (TPSA) is 124 Å². The van der Waals surface area contributed by atoms with E-state index in [0.29, 0.717) is 16.6 Å². The molecule has 124 valence electrons. The quantitative estimate of drug-likeness (QED) is 0.329. The highest BCUT2D eigenvalue weighted by molar-refractivity contribution is 6.12. The Morgan fingerprint density at radius 1 is 1.16 bits per heavy atom. The van der Waals surface area contributed by atoms with Gasteiger partial charge >= 0.3 is 0 Å². The largest absolute Gasteiger partial charge is 0.369 e. The molecule has 2 aromatic carbocycles. The van der Waals surface area contributed by atoms with E-state index in [4.69, 9.17) is 5.73 Å². The maximum absolute atomic E-state index is 12.5. The SMILES string of the molecule is NC(=Nc1ccccc1)NC(=O)c1ccnc2ccc([N+](=O)[O-])cc12. The molecule has 0 unspecified atom stereocenters. The number of hydrogen-bond acceptors (Lipinski definition) is 5. The lowest BCUT2D eigenvalue weighted by atomic mass is 10.1. The van der Waals surface area contributed by atoms with Gasteiger partial charge in [-0.05, 0) is 24.3 Å². The lowest BCUT2D eigenvalue weighted by Gasteiger charge is -2.07. The van der Waals surface area contributed by atoms with Gasteiger partial charge in [0.1, 0.15) is 0 Å². The normalized spacial score (nSPS) is 11.3. The smallest absolute Gasteiger partial charge is 0.270 e. The Morgan fingerprint density at radius 3 is 2.64 bits per heavy atom. The molecule has 0 aliphatic heterocycles. The maximum Gasteiger partial charge on any atom is 0.270 e. The summed E-state index contributed by atoms with van der Waals surface area (Å²) in [4.78, 5) is 31.1. The van der Waals surface area contributed by atoms with Crippen LogP contribution in [0.4, 0.5) is 11.4 Å². The van der Waals surface area contributed by atoms with Gasteiger partial charge in [0.05, 0.1) is 21.7 Å². The maximum atomic E-state index is 12.5. The van der Waals surface area contributed by atoms with E-state index >= 15 is 0 Å². The summed E-state index contributed by atoms with van der Waals surface area (Å²) >= 11 is 0. The number of guanidine groups is 1. The molecule has 0 aliphatic rings. The number of aromatic nitrogens is 1. The van der Waals surface area contributed by atoms with Gasteiger partial charge in [-0.1, -0.05) is 18.2 Å². The molecule has 0 bridgehead atoms. The Hall–Kier alpha value is -3.81. The van der Waals surface area contributed by atoms with Crippen molar-refractivity contribution in [2.75, 3.05) is 0 Å². The van der Waals surface area contributed by atoms with Crippen LogP contribution in [0.5, 0.6) is 0 Å². The molecular formula is C17H13N5O3. The molecule has 0 saturated carbocycles. The minimum Gasteiger partial charge on any atom is -0.369 e. The standard InChI is InChI=1S/C17H13N5O3/c18-17(20-11-4-2-1-3-5-11)21-16(23)13-8-9-19-15-7-6-12(22(24)25)10-14(13)15/h1-10H,(H3,18,20,21,23). The number of rotatable bonds is 3. The number of non-ortho nitro benzene ring substituents is 1. The van der Waals surface area contributed by atoms with E-state index in [9.17, 15) is 14.9 Å². The minimum atomic E-state index is -0.528. The number of nitrogens with two attached hydrogens (primary N) is 1. The molecule has 3 rings (SSSR count). The highest BCUT2D eigenvalue weighted by atomic mass is 16.6. The monoisotopic (exact) mass is 335 g/mol. The van der Waals surface area contributed by atoms with Crippen LogP contribution in [0.1, 0.15) is 10.4 Å². The molecular weight excluding hydrogens is 322 g/mol. The van der Waals surface area contributed by atoms with Crippen LogP contribution in [0.3, 0.4) is 0 Å². The fourth-order valence-electron chi connectivity index (χ4n) is 2.30. The summed E-state index contributed by atoms with van der Waals surface area (Å²) in [6, 6.07) is 14.5. The van der Waals surface area contributed by atoms with Gasteiger partial charge in [0, 0.05) is 23.7 Å². The number of nitrogens with zero attached hydrogens (tertiary/aromatic N) is 3. The van der Waals surface area contributed by atoms with E-state index in [1.165, 1.54) is 30.5 Å². The Labute approximate surface area is 142 Å². The van der Waals surface area contributed by atoms with Gasteiger partial charge in [0.15, 0.2) is 0 Å². The molecule has 0 fully saturated rings. The molecule has 8 heteroatoms. The number of amides is 1. The Balaban J connectivity index is 1.93. The minimum absolute atomic E-state index is 0.0772. The summed E-state index contributed by atoms with van der Waals surface area (Å²) in [6.45, 7) is 0. The number of nitro benzene ring substituents is 1. The van der Waals surface area contributed by atoms with Crippen LogP contribution in [-0.2, 0) is 0 Å². The summed E-state index contributed by atoms with van der Waals surface area (Å²) in [7, 11) is 0. The van der Waals surface area contributed by atoms with Crippen molar-refractivity contribution >= 4 is 34.1 Å². The number of carbonyl (C=O) groups is 1. The molecule has 0 radical (unpaired) electrons. The van der Waals surface area contributed by atoms with E-state index in [0.717, 1.165) is 0 Å². The van der Waals surface area contributed by atoms with Gasteiger partial charge in [-0.3, -0.25) is 25.2 Å². The van der Waals surface area contributed by atoms with Crippen molar-refractivity contribution in [3.8, 4) is 0 Å². The molecule has 0 spiro atoms. The van der Waals surface area contributed by atoms with Crippen molar-refractivity contribution < 1.29 is 9.72 Å². The van der Waals surface area contributed by atoms with Crippen LogP contribution in [0.25, 0.3) is 10.9 Å². The van der Waals surface area contributed by atoms with Crippen LogP contribution < -0.4 is 11.1 Å². The fraction of sp³-hybridized carbons (Fsp3) is 0. The van der Waals surface area contributed by atoms with E-state index in [2.05, 4.69) is 15.3 Å². The first-order valence-corrected chi connectivity index (χ1v) is 7.28. The average molecular weight is 335 g/mol.